The Balaban J connectivity index is 2.15. The van der Waals surface area contributed by atoms with E-state index in [0.717, 1.165) is 28.8 Å². The zero-order valence-corrected chi connectivity index (χ0v) is 13.0. The van der Waals surface area contributed by atoms with Gasteiger partial charge in [0.1, 0.15) is 5.75 Å². The van der Waals surface area contributed by atoms with E-state index >= 15 is 0 Å². The highest BCUT2D eigenvalue weighted by Gasteiger charge is 2.29. The number of amides is 1. The van der Waals surface area contributed by atoms with Crippen molar-refractivity contribution in [2.45, 2.75) is 13.8 Å². The quantitative estimate of drug-likeness (QED) is 0.894. The molecular weight excluding hydrogens is 308 g/mol. The Morgan fingerprint density at radius 2 is 2.21 bits per heavy atom. The maximum absolute atomic E-state index is 12.2. The average molecular weight is 327 g/mol. The molecule has 1 aliphatic heterocycles. The molecule has 1 heterocycles. The van der Waals surface area contributed by atoms with Crippen LogP contribution in [0.4, 0.5) is 5.69 Å². The van der Waals surface area contributed by atoms with Gasteiger partial charge in [0, 0.05) is 10.4 Å². The molecular formula is C14H19BrN2O2. The zero-order chi connectivity index (χ0) is 14.0. The smallest absolute Gasteiger partial charge is 0.227 e. The summed E-state index contributed by atoms with van der Waals surface area (Å²) in [6.45, 7) is 5.77. The lowest BCUT2D eigenvalue weighted by molar-refractivity contribution is -0.121. The summed E-state index contributed by atoms with van der Waals surface area (Å²) in [5.74, 6) is 1.17. The van der Waals surface area contributed by atoms with Gasteiger partial charge in [-0.25, -0.2) is 0 Å². The molecule has 1 aromatic rings. The van der Waals surface area contributed by atoms with E-state index in [0.29, 0.717) is 11.7 Å². The monoisotopic (exact) mass is 326 g/mol. The van der Waals surface area contributed by atoms with Gasteiger partial charge in [0.2, 0.25) is 5.91 Å². The second kappa shape index (κ2) is 5.92. The summed E-state index contributed by atoms with van der Waals surface area (Å²) in [6.07, 6.45) is 0. The third-order valence-corrected chi connectivity index (χ3v) is 4.12. The summed E-state index contributed by atoms with van der Waals surface area (Å²) in [4.78, 5) is 12.2. The largest absolute Gasteiger partial charge is 0.495 e. The molecule has 1 saturated heterocycles. The number of rotatable bonds is 4. The molecule has 1 amide bonds. The van der Waals surface area contributed by atoms with Crippen molar-refractivity contribution in [3.63, 3.8) is 0 Å². The number of carbonyl (C=O) groups is 1. The number of benzene rings is 1. The van der Waals surface area contributed by atoms with Gasteiger partial charge in [-0.2, -0.15) is 0 Å². The highest BCUT2D eigenvalue weighted by Crippen LogP contribution is 2.32. The van der Waals surface area contributed by atoms with Gasteiger partial charge in [0.05, 0.1) is 12.8 Å². The topological polar surface area (TPSA) is 50.4 Å². The summed E-state index contributed by atoms with van der Waals surface area (Å²) in [6, 6.07) is 3.83. The van der Waals surface area contributed by atoms with Gasteiger partial charge in [0.15, 0.2) is 0 Å². The van der Waals surface area contributed by atoms with Gasteiger partial charge in [-0.1, -0.05) is 22.9 Å². The van der Waals surface area contributed by atoms with Crippen LogP contribution in [-0.4, -0.2) is 26.1 Å². The molecule has 4 nitrogen and oxygen atoms in total. The van der Waals surface area contributed by atoms with Crippen LogP contribution in [0.2, 0.25) is 0 Å². The minimum Gasteiger partial charge on any atom is -0.495 e. The van der Waals surface area contributed by atoms with Crippen molar-refractivity contribution in [1.29, 1.82) is 0 Å². The van der Waals surface area contributed by atoms with Crippen molar-refractivity contribution in [1.82, 2.24) is 5.32 Å². The van der Waals surface area contributed by atoms with Crippen LogP contribution in [-0.2, 0) is 4.79 Å². The molecule has 0 radical (unpaired) electrons. The fraction of sp³-hybridized carbons (Fsp3) is 0.500. The fourth-order valence-corrected chi connectivity index (χ4v) is 2.70. The molecule has 2 rings (SSSR count). The maximum Gasteiger partial charge on any atom is 0.227 e. The zero-order valence-electron chi connectivity index (χ0n) is 11.4. The maximum atomic E-state index is 12.2. The van der Waals surface area contributed by atoms with E-state index in [1.165, 1.54) is 0 Å². The lowest BCUT2D eigenvalue weighted by Crippen LogP contribution is -2.48. The van der Waals surface area contributed by atoms with Crippen molar-refractivity contribution in [3.05, 3.63) is 22.2 Å². The van der Waals surface area contributed by atoms with E-state index in [-0.39, 0.29) is 11.8 Å². The molecule has 2 N–H and O–H groups in total. The summed E-state index contributed by atoms with van der Waals surface area (Å²) in [7, 11) is 1.61. The highest BCUT2D eigenvalue weighted by molar-refractivity contribution is 9.10. The van der Waals surface area contributed by atoms with Crippen LogP contribution in [0.5, 0.6) is 5.75 Å². The second-order valence-electron chi connectivity index (χ2n) is 5.00. The Hall–Kier alpha value is -1.07. The first kappa shape index (κ1) is 14.3. The van der Waals surface area contributed by atoms with E-state index in [9.17, 15) is 4.79 Å². The van der Waals surface area contributed by atoms with Gasteiger partial charge in [0.25, 0.3) is 0 Å². The molecule has 5 heteroatoms. The highest BCUT2D eigenvalue weighted by atomic mass is 79.9. The molecule has 0 saturated carbocycles. The summed E-state index contributed by atoms with van der Waals surface area (Å²) < 4.78 is 6.27. The third kappa shape index (κ3) is 3.09. The molecule has 1 atom stereocenters. The number of aryl methyl sites for hydroxylation is 1. The van der Waals surface area contributed by atoms with E-state index in [4.69, 9.17) is 4.74 Å². The summed E-state index contributed by atoms with van der Waals surface area (Å²) in [5.41, 5.74) is 1.74. The molecule has 0 spiro atoms. The third-order valence-electron chi connectivity index (χ3n) is 3.67. The predicted molar refractivity (Wildman–Crippen MR) is 79.6 cm³/mol. The number of nitrogens with one attached hydrogen (secondary N) is 2. The number of halogens is 1. The molecule has 1 fully saturated rings. The van der Waals surface area contributed by atoms with E-state index in [1.54, 1.807) is 7.11 Å². The van der Waals surface area contributed by atoms with Gasteiger partial charge in [-0.15, -0.1) is 0 Å². The second-order valence-corrected chi connectivity index (χ2v) is 5.91. The molecule has 1 unspecified atom stereocenters. The Morgan fingerprint density at radius 3 is 2.74 bits per heavy atom. The number of hydrogen-bond donors (Lipinski definition) is 2. The van der Waals surface area contributed by atoms with E-state index < -0.39 is 0 Å². The fourth-order valence-electron chi connectivity index (χ4n) is 2.15. The van der Waals surface area contributed by atoms with Crippen LogP contribution in [0.1, 0.15) is 12.5 Å². The molecule has 0 bridgehead atoms. The number of hydrogen-bond acceptors (Lipinski definition) is 3. The Morgan fingerprint density at radius 1 is 1.53 bits per heavy atom. The Labute approximate surface area is 122 Å². The lowest BCUT2D eigenvalue weighted by atomic mass is 9.88. The van der Waals surface area contributed by atoms with Crippen molar-refractivity contribution < 1.29 is 9.53 Å². The van der Waals surface area contributed by atoms with Crippen molar-refractivity contribution in [2.24, 2.45) is 11.8 Å². The predicted octanol–water partition coefficient (Wildman–Crippen LogP) is 2.56. The normalized spacial score (nSPS) is 16.6. The van der Waals surface area contributed by atoms with Crippen molar-refractivity contribution in [3.8, 4) is 5.75 Å². The standard InChI is InChI=1S/C14H19BrN2O2/c1-8-4-11(15)5-12(19-3)13(8)17-14(18)9(2)10-6-16-7-10/h4-5,9-10,16H,6-7H2,1-3H3,(H,17,18). The molecule has 104 valence electrons. The van der Waals surface area contributed by atoms with Crippen LogP contribution >= 0.6 is 15.9 Å². The van der Waals surface area contributed by atoms with Crippen LogP contribution in [0.25, 0.3) is 0 Å². The molecule has 0 aromatic heterocycles. The van der Waals surface area contributed by atoms with Gasteiger partial charge < -0.3 is 15.4 Å². The molecule has 0 aliphatic carbocycles. The number of carbonyl (C=O) groups excluding carboxylic acids is 1. The Bertz CT molecular complexity index is 487. The minimum atomic E-state index is 0.00834. The van der Waals surface area contributed by atoms with E-state index in [2.05, 4.69) is 26.6 Å². The SMILES string of the molecule is COc1cc(Br)cc(C)c1NC(=O)C(C)C1CNC1. The van der Waals surface area contributed by atoms with Crippen LogP contribution in [0.3, 0.4) is 0 Å². The number of anilines is 1. The lowest BCUT2D eigenvalue weighted by Gasteiger charge is -2.32. The minimum absolute atomic E-state index is 0.00834. The molecule has 1 aromatic carbocycles. The average Bonchev–Trinajstić information content (AvgIpc) is 2.29. The Kier molecular flexibility index (Phi) is 4.47. The molecule has 1 aliphatic rings. The molecule has 19 heavy (non-hydrogen) atoms. The van der Waals surface area contributed by atoms with Gasteiger partial charge in [-0.3, -0.25) is 4.79 Å². The van der Waals surface area contributed by atoms with Crippen LogP contribution in [0, 0.1) is 18.8 Å². The first-order valence-corrected chi connectivity index (χ1v) is 7.18. The van der Waals surface area contributed by atoms with Crippen molar-refractivity contribution >= 4 is 27.5 Å². The first-order valence-electron chi connectivity index (χ1n) is 6.38. The van der Waals surface area contributed by atoms with Gasteiger partial charge >= 0.3 is 0 Å². The van der Waals surface area contributed by atoms with Gasteiger partial charge in [-0.05, 0) is 43.6 Å². The van der Waals surface area contributed by atoms with E-state index in [1.807, 2.05) is 26.0 Å². The van der Waals surface area contributed by atoms with Crippen LogP contribution < -0.4 is 15.4 Å². The first-order chi connectivity index (χ1) is 9.02. The summed E-state index contributed by atoms with van der Waals surface area (Å²) in [5, 5.41) is 6.18. The number of ether oxygens (including phenoxy) is 1. The van der Waals surface area contributed by atoms with Crippen LogP contribution in [0.15, 0.2) is 16.6 Å². The number of methoxy groups -OCH3 is 1. The summed E-state index contributed by atoms with van der Waals surface area (Å²) >= 11 is 3.43. The van der Waals surface area contributed by atoms with Crippen molar-refractivity contribution in [2.75, 3.05) is 25.5 Å².